The number of sulfonamides is 1. The summed E-state index contributed by atoms with van der Waals surface area (Å²) in [5.74, 6) is -1.32. The van der Waals surface area contributed by atoms with E-state index in [9.17, 15) is 18.0 Å². The summed E-state index contributed by atoms with van der Waals surface area (Å²) in [7, 11) is -1.39. The molecule has 18 heavy (non-hydrogen) atoms. The van der Waals surface area contributed by atoms with Crippen molar-refractivity contribution in [2.24, 2.45) is 0 Å². The maximum atomic E-state index is 11.9. The summed E-state index contributed by atoms with van der Waals surface area (Å²) >= 11 is 0. The summed E-state index contributed by atoms with van der Waals surface area (Å²) in [6.07, 6.45) is -0.0581. The lowest BCUT2D eigenvalue weighted by Gasteiger charge is -2.20. The molecule has 0 N–H and O–H groups in total. The Bertz CT molecular complexity index is 391. The quantitative estimate of drug-likeness (QED) is 0.598. The first-order valence-corrected chi connectivity index (χ1v) is 6.96. The monoisotopic (exact) mass is 281 g/mol. The van der Waals surface area contributed by atoms with Crippen molar-refractivity contribution in [3.63, 3.8) is 0 Å². The van der Waals surface area contributed by atoms with Gasteiger partial charge in [0.25, 0.3) is 0 Å². The average Bonchev–Trinajstić information content (AvgIpc) is 2.34. The summed E-state index contributed by atoms with van der Waals surface area (Å²) in [5.41, 5.74) is 0. The van der Waals surface area contributed by atoms with Gasteiger partial charge in [0.05, 0.1) is 20.1 Å². The molecule has 0 radical (unpaired) electrons. The first kappa shape index (κ1) is 16.9. The molecule has 0 heterocycles. The zero-order chi connectivity index (χ0) is 14.3. The molecule has 8 heteroatoms. The first-order chi connectivity index (χ1) is 8.27. The van der Waals surface area contributed by atoms with Gasteiger partial charge < -0.3 is 9.47 Å². The van der Waals surface area contributed by atoms with Gasteiger partial charge in [-0.2, -0.15) is 0 Å². The van der Waals surface area contributed by atoms with E-state index in [4.69, 9.17) is 0 Å². The smallest absolute Gasteiger partial charge is 0.325 e. The molecular formula is C10H19NO6S. The van der Waals surface area contributed by atoms with Gasteiger partial charge in [0.1, 0.15) is 0 Å². The summed E-state index contributed by atoms with van der Waals surface area (Å²) in [5, 5.41) is -1.30. The Morgan fingerprint density at radius 2 is 1.89 bits per heavy atom. The van der Waals surface area contributed by atoms with Crippen LogP contribution in [-0.4, -0.2) is 57.2 Å². The molecule has 1 atom stereocenters. The van der Waals surface area contributed by atoms with E-state index in [1.165, 1.54) is 14.0 Å². The fraction of sp³-hybridized carbons (Fsp3) is 0.800. The Labute approximate surface area is 107 Å². The molecule has 0 aromatic carbocycles. The van der Waals surface area contributed by atoms with Crippen LogP contribution in [-0.2, 0) is 29.1 Å². The van der Waals surface area contributed by atoms with E-state index in [0.29, 0.717) is 0 Å². The van der Waals surface area contributed by atoms with E-state index in [2.05, 4.69) is 9.47 Å². The predicted octanol–water partition coefficient (Wildman–Crippen LogP) is -0.237. The van der Waals surface area contributed by atoms with E-state index in [-0.39, 0.29) is 19.6 Å². The Morgan fingerprint density at radius 3 is 2.33 bits per heavy atom. The standard InChI is InChI=1S/C10H19NO6S/c1-5-17-9(12)6-7-11(3)18(14,15)8(2)10(13)16-4/h8H,5-7H2,1-4H3. The fourth-order valence-corrected chi connectivity index (χ4v) is 2.39. The van der Waals surface area contributed by atoms with Crippen molar-refractivity contribution < 1.29 is 27.5 Å². The lowest BCUT2D eigenvalue weighted by atomic mass is 10.4. The second-order valence-corrected chi connectivity index (χ2v) is 5.95. The summed E-state index contributed by atoms with van der Waals surface area (Å²) in [4.78, 5) is 22.3. The SMILES string of the molecule is CCOC(=O)CCN(C)S(=O)(=O)C(C)C(=O)OC. The highest BCUT2D eigenvalue weighted by atomic mass is 32.2. The van der Waals surface area contributed by atoms with Crippen molar-refractivity contribution in [2.75, 3.05) is 27.3 Å². The zero-order valence-electron chi connectivity index (χ0n) is 11.0. The second kappa shape index (κ2) is 7.32. The number of carbonyl (C=O) groups is 2. The number of hydrogen-bond donors (Lipinski definition) is 0. The van der Waals surface area contributed by atoms with Gasteiger partial charge in [0.15, 0.2) is 5.25 Å². The molecule has 0 aromatic heterocycles. The molecule has 0 saturated carbocycles. The molecular weight excluding hydrogens is 262 g/mol. The minimum atomic E-state index is -3.81. The molecule has 0 rings (SSSR count). The molecule has 0 bridgehead atoms. The Balaban J connectivity index is 4.53. The highest BCUT2D eigenvalue weighted by Gasteiger charge is 2.32. The van der Waals surface area contributed by atoms with Crippen LogP contribution in [0.25, 0.3) is 0 Å². The highest BCUT2D eigenvalue weighted by molar-refractivity contribution is 7.90. The second-order valence-electron chi connectivity index (χ2n) is 3.59. The van der Waals surface area contributed by atoms with E-state index < -0.39 is 27.2 Å². The summed E-state index contributed by atoms with van der Waals surface area (Å²) < 4.78 is 33.8. The number of hydrogen-bond acceptors (Lipinski definition) is 6. The third-order valence-electron chi connectivity index (χ3n) is 2.35. The number of methoxy groups -OCH3 is 1. The van der Waals surface area contributed by atoms with Crippen LogP contribution < -0.4 is 0 Å². The molecule has 0 aliphatic carbocycles. The Kier molecular flexibility index (Phi) is 6.85. The van der Waals surface area contributed by atoms with Crippen LogP contribution in [0.3, 0.4) is 0 Å². The number of rotatable bonds is 7. The van der Waals surface area contributed by atoms with E-state index in [0.717, 1.165) is 11.4 Å². The van der Waals surface area contributed by atoms with Crippen LogP contribution in [0.1, 0.15) is 20.3 Å². The predicted molar refractivity (Wildman–Crippen MR) is 64.3 cm³/mol. The minimum absolute atomic E-state index is 0.0392. The molecule has 0 aliphatic heterocycles. The van der Waals surface area contributed by atoms with Crippen molar-refractivity contribution in [3.05, 3.63) is 0 Å². The van der Waals surface area contributed by atoms with Crippen LogP contribution in [0.5, 0.6) is 0 Å². The molecule has 106 valence electrons. The lowest BCUT2D eigenvalue weighted by molar-refractivity contribution is -0.143. The number of carbonyl (C=O) groups excluding carboxylic acids is 2. The third kappa shape index (κ3) is 4.61. The first-order valence-electron chi connectivity index (χ1n) is 5.46. The molecule has 0 aliphatic rings. The molecule has 0 amide bonds. The van der Waals surface area contributed by atoms with Crippen LogP contribution in [0.4, 0.5) is 0 Å². The van der Waals surface area contributed by atoms with Crippen molar-refractivity contribution in [3.8, 4) is 0 Å². The third-order valence-corrected chi connectivity index (χ3v) is 4.49. The Morgan fingerprint density at radius 1 is 1.33 bits per heavy atom. The number of esters is 2. The van der Waals surface area contributed by atoms with Gasteiger partial charge in [0.2, 0.25) is 10.0 Å². The molecule has 7 nitrogen and oxygen atoms in total. The summed E-state index contributed by atoms with van der Waals surface area (Å²) in [6, 6.07) is 0. The van der Waals surface area contributed by atoms with Crippen molar-refractivity contribution in [1.82, 2.24) is 4.31 Å². The van der Waals surface area contributed by atoms with E-state index in [1.807, 2.05) is 0 Å². The van der Waals surface area contributed by atoms with Gasteiger partial charge >= 0.3 is 11.9 Å². The van der Waals surface area contributed by atoms with Crippen molar-refractivity contribution >= 4 is 22.0 Å². The van der Waals surface area contributed by atoms with Crippen LogP contribution in [0.15, 0.2) is 0 Å². The van der Waals surface area contributed by atoms with Gasteiger partial charge in [-0.15, -0.1) is 0 Å². The largest absolute Gasteiger partial charge is 0.468 e. The Hall–Kier alpha value is -1.15. The van der Waals surface area contributed by atoms with Crippen LogP contribution in [0.2, 0.25) is 0 Å². The molecule has 0 saturated heterocycles. The van der Waals surface area contributed by atoms with Gasteiger partial charge in [-0.25, -0.2) is 12.7 Å². The zero-order valence-corrected chi connectivity index (χ0v) is 11.8. The highest BCUT2D eigenvalue weighted by Crippen LogP contribution is 2.09. The van der Waals surface area contributed by atoms with Crippen LogP contribution >= 0.6 is 0 Å². The van der Waals surface area contributed by atoms with E-state index >= 15 is 0 Å². The van der Waals surface area contributed by atoms with Gasteiger partial charge in [0, 0.05) is 13.6 Å². The molecule has 0 spiro atoms. The number of ether oxygens (including phenoxy) is 2. The van der Waals surface area contributed by atoms with Crippen molar-refractivity contribution in [1.29, 1.82) is 0 Å². The minimum Gasteiger partial charge on any atom is -0.468 e. The van der Waals surface area contributed by atoms with Crippen LogP contribution in [0, 0.1) is 0 Å². The normalized spacial score (nSPS) is 13.2. The molecule has 0 fully saturated rings. The van der Waals surface area contributed by atoms with Crippen molar-refractivity contribution in [2.45, 2.75) is 25.5 Å². The number of nitrogens with zero attached hydrogens (tertiary/aromatic N) is 1. The summed E-state index contributed by atoms with van der Waals surface area (Å²) in [6.45, 7) is 3.11. The van der Waals surface area contributed by atoms with Gasteiger partial charge in [-0.1, -0.05) is 0 Å². The average molecular weight is 281 g/mol. The van der Waals surface area contributed by atoms with E-state index in [1.54, 1.807) is 6.92 Å². The van der Waals surface area contributed by atoms with Gasteiger partial charge in [-0.05, 0) is 13.8 Å². The topological polar surface area (TPSA) is 90.0 Å². The lowest BCUT2D eigenvalue weighted by Crippen LogP contribution is -2.40. The molecule has 0 aromatic rings. The maximum Gasteiger partial charge on any atom is 0.325 e. The molecule has 1 unspecified atom stereocenters. The van der Waals surface area contributed by atoms with Gasteiger partial charge in [-0.3, -0.25) is 9.59 Å². The maximum absolute atomic E-state index is 11.9. The fourth-order valence-electron chi connectivity index (χ4n) is 1.17.